The summed E-state index contributed by atoms with van der Waals surface area (Å²) >= 11 is 0. The van der Waals surface area contributed by atoms with Crippen molar-refractivity contribution in [2.24, 2.45) is 5.92 Å². The molecule has 0 radical (unpaired) electrons. The summed E-state index contributed by atoms with van der Waals surface area (Å²) in [7, 11) is 0. The molecule has 2 fully saturated rings. The van der Waals surface area contributed by atoms with E-state index in [0.29, 0.717) is 6.04 Å². The summed E-state index contributed by atoms with van der Waals surface area (Å²) in [6.07, 6.45) is 7.79. The molecule has 1 N–H and O–H groups in total. The molecular weight excluding hydrogens is 280 g/mol. The van der Waals surface area contributed by atoms with Crippen LogP contribution in [0.3, 0.4) is 0 Å². The molecule has 0 aliphatic carbocycles. The van der Waals surface area contributed by atoms with Gasteiger partial charge in [-0.25, -0.2) is 0 Å². The average Bonchev–Trinajstić information content (AvgIpc) is 3.08. The van der Waals surface area contributed by atoms with Gasteiger partial charge in [-0.05, 0) is 38.3 Å². The Bertz CT molecular complexity index is 457. The highest BCUT2D eigenvalue weighted by Gasteiger charge is 2.27. The normalized spacial score (nSPS) is 24.3. The van der Waals surface area contributed by atoms with Gasteiger partial charge in [0.1, 0.15) is 0 Å². The quantitative estimate of drug-likeness (QED) is 0.878. The number of carbonyl (C=O) groups excluding carboxylic acids is 1. The van der Waals surface area contributed by atoms with Gasteiger partial charge in [-0.3, -0.25) is 9.48 Å². The van der Waals surface area contributed by atoms with Gasteiger partial charge in [0.05, 0.1) is 12.5 Å². The molecule has 3 rings (SSSR count). The van der Waals surface area contributed by atoms with Gasteiger partial charge < -0.3 is 15.0 Å². The van der Waals surface area contributed by atoms with Gasteiger partial charge in [0.2, 0.25) is 5.91 Å². The Morgan fingerprint density at radius 2 is 2.14 bits per heavy atom. The molecule has 122 valence electrons. The van der Waals surface area contributed by atoms with E-state index < -0.39 is 0 Å². The summed E-state index contributed by atoms with van der Waals surface area (Å²) in [6, 6.07) is 2.25. The Balaban J connectivity index is 1.43. The number of aromatic nitrogens is 2. The maximum absolute atomic E-state index is 12.4. The number of amides is 1. The van der Waals surface area contributed by atoms with Gasteiger partial charge in [0, 0.05) is 44.7 Å². The zero-order valence-corrected chi connectivity index (χ0v) is 13.1. The van der Waals surface area contributed by atoms with Crippen molar-refractivity contribution in [2.75, 3.05) is 32.8 Å². The Morgan fingerprint density at radius 3 is 2.91 bits per heavy atom. The molecule has 0 spiro atoms. The van der Waals surface area contributed by atoms with Crippen LogP contribution in [0.2, 0.25) is 0 Å². The Kier molecular flexibility index (Phi) is 5.45. The van der Waals surface area contributed by atoms with E-state index in [9.17, 15) is 4.79 Å². The largest absolute Gasteiger partial charge is 0.381 e. The predicted octanol–water partition coefficient (Wildman–Crippen LogP) is 0.890. The highest BCUT2D eigenvalue weighted by Crippen LogP contribution is 2.17. The van der Waals surface area contributed by atoms with E-state index in [1.165, 1.54) is 0 Å². The lowest BCUT2D eigenvalue weighted by molar-refractivity contribution is -0.128. The zero-order valence-electron chi connectivity index (χ0n) is 13.1. The van der Waals surface area contributed by atoms with Crippen molar-refractivity contribution < 1.29 is 9.53 Å². The predicted molar refractivity (Wildman–Crippen MR) is 83.4 cm³/mol. The second kappa shape index (κ2) is 7.74. The fraction of sp³-hybridized carbons (Fsp3) is 0.750. The molecule has 1 unspecified atom stereocenters. The molecule has 1 amide bonds. The monoisotopic (exact) mass is 306 g/mol. The maximum Gasteiger partial charge on any atom is 0.224 e. The van der Waals surface area contributed by atoms with Crippen molar-refractivity contribution in [3.05, 3.63) is 18.5 Å². The number of nitrogens with one attached hydrogen (secondary N) is 1. The van der Waals surface area contributed by atoms with E-state index in [-0.39, 0.29) is 11.8 Å². The number of ether oxygens (including phenoxy) is 1. The first-order chi connectivity index (χ1) is 10.8. The van der Waals surface area contributed by atoms with Gasteiger partial charge in [0.15, 0.2) is 0 Å². The topological polar surface area (TPSA) is 59.4 Å². The molecule has 1 aromatic heterocycles. The summed E-state index contributed by atoms with van der Waals surface area (Å²) < 4.78 is 7.29. The summed E-state index contributed by atoms with van der Waals surface area (Å²) in [5, 5.41) is 7.45. The minimum absolute atomic E-state index is 0.134. The third-order valence-electron chi connectivity index (χ3n) is 4.65. The van der Waals surface area contributed by atoms with Crippen LogP contribution in [0.15, 0.2) is 18.5 Å². The van der Waals surface area contributed by atoms with Crippen molar-refractivity contribution >= 4 is 5.91 Å². The molecule has 1 atom stereocenters. The maximum atomic E-state index is 12.4. The number of hydrogen-bond acceptors (Lipinski definition) is 4. The van der Waals surface area contributed by atoms with Gasteiger partial charge in [-0.2, -0.15) is 5.10 Å². The minimum Gasteiger partial charge on any atom is -0.381 e. The Labute approximate surface area is 131 Å². The van der Waals surface area contributed by atoms with Gasteiger partial charge >= 0.3 is 0 Å². The standard InChI is InChI=1S/C16H26N4O2/c21-16(18-15-4-11-22-12-5-15)14-3-1-7-19(13-14)9-10-20-8-2-6-17-20/h2,6,8,14-15H,1,3-5,7,9-13H2,(H,18,21). The van der Waals surface area contributed by atoms with E-state index in [1.54, 1.807) is 6.20 Å². The summed E-state index contributed by atoms with van der Waals surface area (Å²) in [6.45, 7) is 5.35. The molecule has 2 saturated heterocycles. The van der Waals surface area contributed by atoms with E-state index >= 15 is 0 Å². The minimum atomic E-state index is 0.134. The lowest BCUT2D eigenvalue weighted by Gasteiger charge is -2.33. The lowest BCUT2D eigenvalue weighted by Crippen LogP contribution is -2.47. The van der Waals surface area contributed by atoms with E-state index in [2.05, 4.69) is 15.3 Å². The van der Waals surface area contributed by atoms with E-state index in [1.807, 2.05) is 16.9 Å². The first-order valence-corrected chi connectivity index (χ1v) is 8.39. The zero-order chi connectivity index (χ0) is 15.2. The van der Waals surface area contributed by atoms with Crippen molar-refractivity contribution in [3.63, 3.8) is 0 Å². The Hall–Kier alpha value is -1.40. The second-order valence-electron chi connectivity index (χ2n) is 6.30. The third-order valence-corrected chi connectivity index (χ3v) is 4.65. The number of rotatable bonds is 5. The van der Waals surface area contributed by atoms with Crippen LogP contribution in [-0.2, 0) is 16.1 Å². The number of likely N-dealkylation sites (tertiary alicyclic amines) is 1. The van der Waals surface area contributed by atoms with Crippen LogP contribution in [0.25, 0.3) is 0 Å². The van der Waals surface area contributed by atoms with Crippen LogP contribution < -0.4 is 5.32 Å². The lowest BCUT2D eigenvalue weighted by atomic mass is 9.96. The molecule has 2 aliphatic rings. The number of piperidine rings is 1. The van der Waals surface area contributed by atoms with Crippen molar-refractivity contribution in [3.8, 4) is 0 Å². The van der Waals surface area contributed by atoms with Crippen molar-refractivity contribution in [1.82, 2.24) is 20.0 Å². The first kappa shape index (κ1) is 15.5. The van der Waals surface area contributed by atoms with Gasteiger partial charge in [-0.1, -0.05) is 0 Å². The highest BCUT2D eigenvalue weighted by molar-refractivity contribution is 5.79. The first-order valence-electron chi connectivity index (χ1n) is 8.39. The molecule has 0 bridgehead atoms. The van der Waals surface area contributed by atoms with E-state index in [0.717, 1.165) is 65.1 Å². The number of nitrogens with zero attached hydrogens (tertiary/aromatic N) is 3. The fourth-order valence-corrected chi connectivity index (χ4v) is 3.31. The average molecular weight is 306 g/mol. The molecule has 22 heavy (non-hydrogen) atoms. The molecule has 6 heteroatoms. The summed E-state index contributed by atoms with van der Waals surface area (Å²) in [5.74, 6) is 0.366. The van der Waals surface area contributed by atoms with Crippen LogP contribution in [0, 0.1) is 5.92 Å². The number of hydrogen-bond donors (Lipinski definition) is 1. The van der Waals surface area contributed by atoms with Crippen LogP contribution in [0.1, 0.15) is 25.7 Å². The van der Waals surface area contributed by atoms with Crippen molar-refractivity contribution in [2.45, 2.75) is 38.3 Å². The van der Waals surface area contributed by atoms with E-state index in [4.69, 9.17) is 4.74 Å². The highest BCUT2D eigenvalue weighted by atomic mass is 16.5. The van der Waals surface area contributed by atoms with Crippen LogP contribution >= 0.6 is 0 Å². The molecule has 6 nitrogen and oxygen atoms in total. The molecule has 3 heterocycles. The number of carbonyl (C=O) groups is 1. The Morgan fingerprint density at radius 1 is 1.27 bits per heavy atom. The van der Waals surface area contributed by atoms with Gasteiger partial charge in [0.25, 0.3) is 0 Å². The van der Waals surface area contributed by atoms with Gasteiger partial charge in [-0.15, -0.1) is 0 Å². The SMILES string of the molecule is O=C(NC1CCOCC1)C1CCCN(CCn2cccn2)C1. The summed E-state index contributed by atoms with van der Waals surface area (Å²) in [4.78, 5) is 14.8. The summed E-state index contributed by atoms with van der Waals surface area (Å²) in [5.41, 5.74) is 0. The molecule has 2 aliphatic heterocycles. The molecule has 0 aromatic carbocycles. The second-order valence-corrected chi connectivity index (χ2v) is 6.30. The molecule has 1 aromatic rings. The molecular formula is C16H26N4O2. The smallest absolute Gasteiger partial charge is 0.224 e. The fourth-order valence-electron chi connectivity index (χ4n) is 3.31. The molecule has 0 saturated carbocycles. The third kappa shape index (κ3) is 4.30. The van der Waals surface area contributed by atoms with Crippen LogP contribution in [0.4, 0.5) is 0 Å². The van der Waals surface area contributed by atoms with Crippen LogP contribution in [0.5, 0.6) is 0 Å². The van der Waals surface area contributed by atoms with Crippen LogP contribution in [-0.4, -0.2) is 59.5 Å². The van der Waals surface area contributed by atoms with Crippen molar-refractivity contribution in [1.29, 1.82) is 0 Å².